The molecule has 0 amide bonds. The lowest BCUT2D eigenvalue weighted by Gasteiger charge is -2.08. The minimum absolute atomic E-state index is 0.00548. The number of hydrogen-bond acceptors (Lipinski definition) is 11. The standard InChI is InChI=1S/C19H18N4O4.C17H14N4O4/c1-2-27-19(26)15-8-14(11-23(15)10-13-6-4-3-5-7-13)16(24)9-17(25)18-20-12-21-22-18;22-14(7-15(23)16-18-10-19-20-16)12-6-13(17(24)25)21(9-12)8-11-4-2-1-3-5-11/h3-9,11-12,24H,2,10H2,1H3,(H,20,21,22);1-7,9-10,22H,8H2,(H,24,25)(H,18,19,20). The molecule has 0 aliphatic carbocycles. The van der Waals surface area contributed by atoms with Gasteiger partial charge in [0.25, 0.3) is 0 Å². The zero-order valence-electron chi connectivity index (χ0n) is 27.6. The van der Waals surface area contributed by atoms with Crippen LogP contribution in [0.15, 0.2) is 110 Å². The largest absolute Gasteiger partial charge is 0.507 e. The molecule has 0 spiro atoms. The molecule has 0 unspecified atom stereocenters. The number of rotatable bonds is 13. The maximum absolute atomic E-state index is 12.3. The summed E-state index contributed by atoms with van der Waals surface area (Å²) >= 11 is 0. The molecule has 0 radical (unpaired) electrons. The van der Waals surface area contributed by atoms with Gasteiger partial charge in [-0.2, -0.15) is 10.2 Å². The first-order valence-corrected chi connectivity index (χ1v) is 15.6. The highest BCUT2D eigenvalue weighted by Gasteiger charge is 2.19. The number of nitrogens with one attached hydrogen (secondary N) is 2. The van der Waals surface area contributed by atoms with Gasteiger partial charge < -0.3 is 29.2 Å². The predicted octanol–water partition coefficient (Wildman–Crippen LogP) is 4.75. The molecule has 6 aromatic rings. The second kappa shape index (κ2) is 16.8. The average molecular weight is 705 g/mol. The molecule has 4 heterocycles. The molecule has 0 saturated heterocycles. The van der Waals surface area contributed by atoms with Crippen molar-refractivity contribution in [3.8, 4) is 0 Å². The third-order valence-electron chi connectivity index (χ3n) is 7.31. The SMILES string of the molecule is CCOC(=O)c1cc(C(O)=CC(=O)c2ncn[nH]2)cn1Cc1ccccc1.O=C(C=C(O)c1cc(C(=O)O)n(Cc2ccccc2)c1)c1ncn[nH]1. The summed E-state index contributed by atoms with van der Waals surface area (Å²) in [6, 6.07) is 21.7. The molecule has 0 bridgehead atoms. The van der Waals surface area contributed by atoms with Crippen LogP contribution in [0, 0.1) is 0 Å². The van der Waals surface area contributed by atoms with Gasteiger partial charge in [-0.3, -0.25) is 19.8 Å². The second-order valence-electron chi connectivity index (χ2n) is 10.9. The summed E-state index contributed by atoms with van der Waals surface area (Å²) in [7, 11) is 0. The summed E-state index contributed by atoms with van der Waals surface area (Å²) in [4.78, 5) is 55.1. The van der Waals surface area contributed by atoms with Gasteiger partial charge in [0.2, 0.25) is 11.6 Å². The van der Waals surface area contributed by atoms with Crippen LogP contribution in [-0.2, 0) is 17.8 Å². The molecule has 16 nitrogen and oxygen atoms in total. The number of H-pyrrole nitrogens is 2. The fourth-order valence-electron chi connectivity index (χ4n) is 4.88. The average Bonchev–Trinajstić information content (AvgIpc) is 3.97. The third kappa shape index (κ3) is 9.20. The Kier molecular flexibility index (Phi) is 11.6. The number of hydrogen-bond donors (Lipinski definition) is 5. The number of nitrogens with zero attached hydrogens (tertiary/aromatic N) is 6. The molecule has 0 fully saturated rings. The van der Waals surface area contributed by atoms with E-state index < -0.39 is 23.5 Å². The van der Waals surface area contributed by atoms with Crippen molar-refractivity contribution in [3.05, 3.63) is 155 Å². The summed E-state index contributed by atoms with van der Waals surface area (Å²) in [5.74, 6) is -3.37. The summed E-state index contributed by atoms with van der Waals surface area (Å²) in [5.41, 5.74) is 2.72. The number of carbonyl (C=O) groups excluding carboxylic acids is 3. The summed E-state index contributed by atoms with van der Waals surface area (Å²) in [6.45, 7) is 2.69. The molecule has 0 saturated carbocycles. The first-order chi connectivity index (χ1) is 25.1. The number of aliphatic hydroxyl groups excluding tert-OH is 2. The molecule has 0 aliphatic heterocycles. The fourth-order valence-corrected chi connectivity index (χ4v) is 4.88. The van der Waals surface area contributed by atoms with Crippen LogP contribution >= 0.6 is 0 Å². The van der Waals surface area contributed by atoms with E-state index in [4.69, 9.17) is 4.74 Å². The monoisotopic (exact) mass is 704 g/mol. The maximum atomic E-state index is 12.3. The van der Waals surface area contributed by atoms with E-state index in [1.54, 1.807) is 17.7 Å². The van der Waals surface area contributed by atoms with Crippen LogP contribution in [-0.4, -0.2) is 84.9 Å². The van der Waals surface area contributed by atoms with Gasteiger partial charge in [-0.05, 0) is 30.2 Å². The number of aromatic nitrogens is 8. The molecule has 52 heavy (non-hydrogen) atoms. The number of aromatic amines is 2. The Bertz CT molecular complexity index is 2200. The van der Waals surface area contributed by atoms with Gasteiger partial charge >= 0.3 is 11.9 Å². The minimum atomic E-state index is -1.13. The minimum Gasteiger partial charge on any atom is -0.507 e. The number of aliphatic hydroxyl groups is 2. The Morgan fingerprint density at radius 1 is 0.692 bits per heavy atom. The second-order valence-corrected chi connectivity index (χ2v) is 10.9. The first kappa shape index (κ1) is 35.9. The predicted molar refractivity (Wildman–Crippen MR) is 186 cm³/mol. The van der Waals surface area contributed by atoms with E-state index in [9.17, 15) is 34.5 Å². The van der Waals surface area contributed by atoms with Gasteiger partial charge in [-0.15, -0.1) is 0 Å². The summed E-state index contributed by atoms with van der Waals surface area (Å²) in [6.07, 6.45) is 7.45. The molecule has 264 valence electrons. The van der Waals surface area contributed by atoms with Crippen molar-refractivity contribution in [2.24, 2.45) is 0 Å². The molecule has 5 N–H and O–H groups in total. The van der Waals surface area contributed by atoms with E-state index in [0.717, 1.165) is 23.3 Å². The van der Waals surface area contributed by atoms with Crippen LogP contribution in [0.3, 0.4) is 0 Å². The molecule has 4 aromatic heterocycles. The Morgan fingerprint density at radius 3 is 1.54 bits per heavy atom. The van der Waals surface area contributed by atoms with Crippen molar-refractivity contribution < 1.29 is 39.2 Å². The van der Waals surface area contributed by atoms with Crippen LogP contribution in [0.4, 0.5) is 0 Å². The van der Waals surface area contributed by atoms with E-state index in [0.29, 0.717) is 18.7 Å². The number of ether oxygens (including phenoxy) is 1. The van der Waals surface area contributed by atoms with Gasteiger partial charge in [-0.1, -0.05) is 60.7 Å². The van der Waals surface area contributed by atoms with Gasteiger partial charge in [-0.25, -0.2) is 19.6 Å². The van der Waals surface area contributed by atoms with Gasteiger partial charge in [0.15, 0.2) is 11.6 Å². The van der Waals surface area contributed by atoms with Crippen molar-refractivity contribution in [3.63, 3.8) is 0 Å². The molecule has 0 aliphatic rings. The Hall–Kier alpha value is -7.36. The summed E-state index contributed by atoms with van der Waals surface area (Å²) in [5, 5.41) is 41.8. The van der Waals surface area contributed by atoms with Gasteiger partial charge in [0, 0.05) is 48.8 Å². The van der Waals surface area contributed by atoms with Crippen LogP contribution in [0.25, 0.3) is 11.5 Å². The van der Waals surface area contributed by atoms with E-state index in [2.05, 4.69) is 30.4 Å². The van der Waals surface area contributed by atoms with Crippen LogP contribution in [0.5, 0.6) is 0 Å². The number of esters is 1. The zero-order valence-corrected chi connectivity index (χ0v) is 27.6. The molecule has 6 rings (SSSR count). The maximum Gasteiger partial charge on any atom is 0.354 e. The molecule has 16 heteroatoms. The number of benzene rings is 2. The first-order valence-electron chi connectivity index (χ1n) is 15.6. The van der Waals surface area contributed by atoms with Crippen LogP contribution < -0.4 is 0 Å². The van der Waals surface area contributed by atoms with E-state index >= 15 is 0 Å². The van der Waals surface area contributed by atoms with Crippen molar-refractivity contribution >= 4 is 35.0 Å². The number of allylic oxidation sites excluding steroid dienone is 2. The number of carboxylic acids is 1. The highest BCUT2D eigenvalue weighted by Crippen LogP contribution is 2.20. The number of aromatic carboxylic acids is 1. The van der Waals surface area contributed by atoms with E-state index in [1.165, 1.54) is 35.6 Å². The smallest absolute Gasteiger partial charge is 0.354 e. The zero-order chi connectivity index (χ0) is 37.0. The molecule has 0 atom stereocenters. The lowest BCUT2D eigenvalue weighted by atomic mass is 10.2. The summed E-state index contributed by atoms with van der Waals surface area (Å²) < 4.78 is 8.26. The Balaban J connectivity index is 0.000000202. The van der Waals surface area contributed by atoms with Crippen LogP contribution in [0.2, 0.25) is 0 Å². The number of carboxylic acid groups (broad SMARTS) is 1. The number of carbonyl (C=O) groups is 4. The van der Waals surface area contributed by atoms with Crippen molar-refractivity contribution in [1.29, 1.82) is 0 Å². The lowest BCUT2D eigenvalue weighted by Crippen LogP contribution is -2.12. The number of ketones is 2. The lowest BCUT2D eigenvalue weighted by molar-refractivity contribution is 0.0513. The fraction of sp³-hybridized carbons (Fsp3) is 0.111. The Labute approximate surface area is 295 Å². The van der Waals surface area contributed by atoms with E-state index in [-0.39, 0.29) is 46.7 Å². The third-order valence-corrected chi connectivity index (χ3v) is 7.31. The topological polar surface area (TPSA) is 231 Å². The van der Waals surface area contributed by atoms with Crippen LogP contribution in [0.1, 0.15) is 71.4 Å². The van der Waals surface area contributed by atoms with Crippen molar-refractivity contribution in [2.45, 2.75) is 20.0 Å². The van der Waals surface area contributed by atoms with Gasteiger partial charge in [0.1, 0.15) is 35.6 Å². The van der Waals surface area contributed by atoms with E-state index in [1.807, 2.05) is 60.7 Å². The highest BCUT2D eigenvalue weighted by molar-refractivity contribution is 6.06. The van der Waals surface area contributed by atoms with Crippen molar-refractivity contribution in [2.75, 3.05) is 6.61 Å². The highest BCUT2D eigenvalue weighted by atomic mass is 16.5. The van der Waals surface area contributed by atoms with Crippen molar-refractivity contribution in [1.82, 2.24) is 39.5 Å². The molecular weight excluding hydrogens is 672 g/mol. The normalized spacial score (nSPS) is 11.4. The molecular formula is C36H32N8O8. The van der Waals surface area contributed by atoms with Gasteiger partial charge in [0.05, 0.1) is 6.61 Å². The quantitative estimate of drug-likeness (QED) is 0.0475. The Morgan fingerprint density at radius 2 is 1.13 bits per heavy atom. The molecule has 2 aromatic carbocycles.